The van der Waals surface area contributed by atoms with Gasteiger partial charge in [0.05, 0.1) is 11.3 Å². The van der Waals surface area contributed by atoms with Gasteiger partial charge in [0.2, 0.25) is 0 Å². The maximum absolute atomic E-state index is 12.7. The van der Waals surface area contributed by atoms with E-state index < -0.39 is 17.6 Å². The number of aryl methyl sites for hydroxylation is 3. The summed E-state index contributed by atoms with van der Waals surface area (Å²) in [6, 6.07) is 8.42. The highest BCUT2D eigenvalue weighted by Gasteiger charge is 2.30. The molecule has 2 aromatic carbocycles. The van der Waals surface area contributed by atoms with Crippen molar-refractivity contribution in [3.8, 4) is 0 Å². The zero-order chi connectivity index (χ0) is 19.1. The minimum absolute atomic E-state index is 0.120. The van der Waals surface area contributed by atoms with Gasteiger partial charge >= 0.3 is 12.1 Å². The van der Waals surface area contributed by atoms with Crippen LogP contribution in [-0.4, -0.2) is 5.91 Å². The second-order valence-electron chi connectivity index (χ2n) is 6.12. The van der Waals surface area contributed by atoms with Crippen LogP contribution in [0.5, 0.6) is 0 Å². The van der Waals surface area contributed by atoms with Gasteiger partial charge in [-0.3, -0.25) is 15.6 Å². The van der Waals surface area contributed by atoms with E-state index in [2.05, 4.69) is 10.9 Å². The maximum atomic E-state index is 12.7. The lowest BCUT2D eigenvalue weighted by atomic mass is 10.0. The predicted octanol–water partition coefficient (Wildman–Crippen LogP) is 5.13. The van der Waals surface area contributed by atoms with Gasteiger partial charge in [-0.15, -0.1) is 0 Å². The van der Waals surface area contributed by atoms with Crippen LogP contribution in [0.2, 0.25) is 0 Å². The van der Waals surface area contributed by atoms with Crippen molar-refractivity contribution in [1.29, 1.82) is 0 Å². The number of nitrogens with one attached hydrogen (secondary N) is 2. The quantitative estimate of drug-likeness (QED) is 0.635. The van der Waals surface area contributed by atoms with Gasteiger partial charge in [-0.1, -0.05) is 18.2 Å². The molecule has 0 fully saturated rings. The summed E-state index contributed by atoms with van der Waals surface area (Å²) in [6.07, 6.45) is -4.45. The minimum atomic E-state index is -4.45. The third-order valence-electron chi connectivity index (χ3n) is 4.20. The van der Waals surface area contributed by atoms with E-state index in [0.29, 0.717) is 11.1 Å². The molecular weight excluding hydrogens is 345 g/mol. The van der Waals surface area contributed by atoms with Crippen LogP contribution in [-0.2, 0) is 6.18 Å². The number of fused-ring (bicyclic) bond motifs is 1. The van der Waals surface area contributed by atoms with Crippen LogP contribution in [0.1, 0.15) is 32.8 Å². The Hall–Kier alpha value is -2.96. The molecule has 0 aliphatic heterocycles. The Balaban J connectivity index is 1.84. The van der Waals surface area contributed by atoms with Crippen molar-refractivity contribution < 1.29 is 22.4 Å². The molecule has 26 heavy (non-hydrogen) atoms. The van der Waals surface area contributed by atoms with Gasteiger partial charge in [-0.05, 0) is 50.1 Å². The van der Waals surface area contributed by atoms with Crippen LogP contribution in [0.3, 0.4) is 0 Å². The first-order valence-electron chi connectivity index (χ1n) is 7.91. The molecule has 1 aromatic heterocycles. The molecule has 0 radical (unpaired) electrons. The van der Waals surface area contributed by atoms with Crippen molar-refractivity contribution in [3.63, 3.8) is 0 Å². The number of rotatable bonds is 3. The van der Waals surface area contributed by atoms with E-state index in [9.17, 15) is 18.0 Å². The van der Waals surface area contributed by atoms with E-state index in [1.807, 2.05) is 26.0 Å². The van der Waals surface area contributed by atoms with E-state index in [-0.39, 0.29) is 11.4 Å². The molecule has 3 aromatic rings. The molecular formula is C19H17F3N2O2. The van der Waals surface area contributed by atoms with Gasteiger partial charge in [-0.2, -0.15) is 13.2 Å². The SMILES string of the molecule is Cc1ccc(C)c2c(C)c(C(=O)NNc3cccc(C(F)(F)F)c3)oc12. The van der Waals surface area contributed by atoms with Crippen molar-refractivity contribution in [3.05, 3.63) is 64.4 Å². The number of hydrogen-bond acceptors (Lipinski definition) is 3. The lowest BCUT2D eigenvalue weighted by Crippen LogP contribution is -2.29. The lowest BCUT2D eigenvalue weighted by Gasteiger charge is -2.11. The molecule has 0 bridgehead atoms. The summed E-state index contributed by atoms with van der Waals surface area (Å²) in [5, 5.41) is 0.870. The second kappa shape index (κ2) is 6.40. The topological polar surface area (TPSA) is 54.3 Å². The van der Waals surface area contributed by atoms with E-state index in [1.54, 1.807) is 6.92 Å². The van der Waals surface area contributed by atoms with Gasteiger partial charge in [0.1, 0.15) is 5.58 Å². The summed E-state index contributed by atoms with van der Waals surface area (Å²) in [5.74, 6) is -0.438. The van der Waals surface area contributed by atoms with Crippen LogP contribution < -0.4 is 10.9 Å². The van der Waals surface area contributed by atoms with Gasteiger partial charge in [0, 0.05) is 10.9 Å². The molecule has 0 aliphatic rings. The van der Waals surface area contributed by atoms with Gasteiger partial charge in [0.15, 0.2) is 5.76 Å². The number of amides is 1. The number of alkyl halides is 3. The van der Waals surface area contributed by atoms with Crippen molar-refractivity contribution in [2.45, 2.75) is 26.9 Å². The molecule has 0 saturated heterocycles. The summed E-state index contributed by atoms with van der Waals surface area (Å²) in [6.45, 7) is 5.58. The standard InChI is InChI=1S/C19H17F3N2O2/c1-10-7-8-11(2)16-15(10)12(3)17(26-16)18(25)24-23-14-6-4-5-13(9-14)19(20,21)22/h4-9,23H,1-3H3,(H,24,25). The van der Waals surface area contributed by atoms with Crippen LogP contribution in [0.25, 0.3) is 11.0 Å². The zero-order valence-corrected chi connectivity index (χ0v) is 14.4. The Morgan fingerprint density at radius 3 is 2.38 bits per heavy atom. The highest BCUT2D eigenvalue weighted by molar-refractivity contribution is 6.00. The predicted molar refractivity (Wildman–Crippen MR) is 93.0 cm³/mol. The van der Waals surface area contributed by atoms with Crippen LogP contribution in [0, 0.1) is 20.8 Å². The van der Waals surface area contributed by atoms with E-state index in [1.165, 1.54) is 12.1 Å². The Morgan fingerprint density at radius 2 is 1.73 bits per heavy atom. The summed E-state index contributed by atoms with van der Waals surface area (Å²) in [4.78, 5) is 12.4. The summed E-state index contributed by atoms with van der Waals surface area (Å²) in [7, 11) is 0. The van der Waals surface area contributed by atoms with Crippen molar-refractivity contribution in [1.82, 2.24) is 5.43 Å². The number of carbonyl (C=O) groups is 1. The van der Waals surface area contributed by atoms with Crippen LogP contribution >= 0.6 is 0 Å². The lowest BCUT2D eigenvalue weighted by molar-refractivity contribution is -0.137. The van der Waals surface area contributed by atoms with Gasteiger partial charge in [-0.25, -0.2) is 0 Å². The fraction of sp³-hybridized carbons (Fsp3) is 0.211. The highest BCUT2D eigenvalue weighted by Crippen LogP contribution is 2.31. The number of benzene rings is 2. The summed E-state index contributed by atoms with van der Waals surface area (Å²) < 4.78 is 44.0. The number of furan rings is 1. The summed E-state index contributed by atoms with van der Waals surface area (Å²) >= 11 is 0. The van der Waals surface area contributed by atoms with E-state index in [0.717, 1.165) is 28.6 Å². The van der Waals surface area contributed by atoms with Gasteiger partial charge in [0.25, 0.3) is 0 Å². The first-order valence-corrected chi connectivity index (χ1v) is 7.91. The molecule has 0 spiro atoms. The third kappa shape index (κ3) is 3.24. The molecule has 7 heteroatoms. The molecule has 136 valence electrons. The monoisotopic (exact) mass is 362 g/mol. The largest absolute Gasteiger partial charge is 0.450 e. The third-order valence-corrected chi connectivity index (χ3v) is 4.20. The van der Waals surface area contributed by atoms with Crippen molar-refractivity contribution in [2.24, 2.45) is 0 Å². The molecule has 0 aliphatic carbocycles. The Kier molecular flexibility index (Phi) is 4.39. The molecule has 1 heterocycles. The van der Waals surface area contributed by atoms with Crippen molar-refractivity contribution in [2.75, 3.05) is 5.43 Å². The fourth-order valence-electron chi connectivity index (χ4n) is 2.85. The molecule has 0 unspecified atom stereocenters. The number of halogens is 3. The Labute approximate surface area is 148 Å². The van der Waals surface area contributed by atoms with Crippen LogP contribution in [0.15, 0.2) is 40.8 Å². The van der Waals surface area contributed by atoms with Crippen molar-refractivity contribution >= 4 is 22.6 Å². The summed E-state index contributed by atoms with van der Waals surface area (Å²) in [5.41, 5.74) is 7.40. The Bertz CT molecular complexity index is 990. The normalized spacial score (nSPS) is 11.6. The molecule has 2 N–H and O–H groups in total. The molecule has 0 atom stereocenters. The highest BCUT2D eigenvalue weighted by atomic mass is 19.4. The Morgan fingerprint density at radius 1 is 1.04 bits per heavy atom. The average Bonchev–Trinajstić information content (AvgIpc) is 2.94. The minimum Gasteiger partial charge on any atom is -0.450 e. The molecule has 1 amide bonds. The number of hydrazine groups is 1. The first-order chi connectivity index (χ1) is 12.2. The maximum Gasteiger partial charge on any atom is 0.416 e. The van der Waals surface area contributed by atoms with Gasteiger partial charge < -0.3 is 4.42 Å². The molecule has 3 rings (SSSR count). The second-order valence-corrected chi connectivity index (χ2v) is 6.12. The average molecular weight is 362 g/mol. The first kappa shape index (κ1) is 17.8. The fourth-order valence-corrected chi connectivity index (χ4v) is 2.85. The molecule has 0 saturated carbocycles. The van der Waals surface area contributed by atoms with E-state index in [4.69, 9.17) is 4.42 Å². The van der Waals surface area contributed by atoms with E-state index >= 15 is 0 Å². The van der Waals surface area contributed by atoms with Crippen LogP contribution in [0.4, 0.5) is 18.9 Å². The molecule has 4 nitrogen and oxygen atoms in total. The number of anilines is 1. The smallest absolute Gasteiger partial charge is 0.416 e. The number of hydrogen-bond donors (Lipinski definition) is 2. The zero-order valence-electron chi connectivity index (χ0n) is 14.4. The number of carbonyl (C=O) groups excluding carboxylic acids is 1.